The lowest BCUT2D eigenvalue weighted by Gasteiger charge is -2.35. The highest BCUT2D eigenvalue weighted by molar-refractivity contribution is 5.82. The van der Waals surface area contributed by atoms with Crippen molar-refractivity contribution in [1.82, 2.24) is 9.80 Å². The second-order valence-corrected chi connectivity index (χ2v) is 8.81. The van der Waals surface area contributed by atoms with E-state index in [9.17, 15) is 4.79 Å². The smallest absolute Gasteiger partial charge is 0.226 e. The van der Waals surface area contributed by atoms with Crippen LogP contribution in [0, 0.1) is 17.8 Å². The summed E-state index contributed by atoms with van der Waals surface area (Å²) in [6.07, 6.45) is 8.64. The Hall–Kier alpha value is -1.35. The van der Waals surface area contributed by atoms with Crippen LogP contribution >= 0.6 is 0 Å². The van der Waals surface area contributed by atoms with Crippen LogP contribution in [-0.2, 0) is 11.2 Å². The standard InChI is InChI=1S/C23H34N2O/c1-18-21-9-5-6-10-22(21)23(26)25(18)17-20-12-15-24(16-13-20)14-11-19-7-3-2-4-8-19/h2-4,7-8,18,20-22H,5-6,9-17H2,1H3. The highest BCUT2D eigenvalue weighted by Gasteiger charge is 2.46. The first-order chi connectivity index (χ1) is 12.7. The van der Waals surface area contributed by atoms with Gasteiger partial charge in [0.15, 0.2) is 0 Å². The topological polar surface area (TPSA) is 23.6 Å². The third-order valence-electron chi connectivity index (χ3n) is 7.25. The lowest BCUT2D eigenvalue weighted by Crippen LogP contribution is -2.42. The van der Waals surface area contributed by atoms with E-state index in [2.05, 4.69) is 47.1 Å². The van der Waals surface area contributed by atoms with E-state index in [0.717, 1.165) is 19.4 Å². The molecule has 3 atom stereocenters. The van der Waals surface area contributed by atoms with Crippen molar-refractivity contribution in [2.75, 3.05) is 26.2 Å². The summed E-state index contributed by atoms with van der Waals surface area (Å²) in [5, 5.41) is 0. The number of fused-ring (bicyclic) bond motifs is 1. The summed E-state index contributed by atoms with van der Waals surface area (Å²) < 4.78 is 0. The van der Waals surface area contributed by atoms with E-state index >= 15 is 0 Å². The van der Waals surface area contributed by atoms with Gasteiger partial charge in [-0.15, -0.1) is 0 Å². The van der Waals surface area contributed by atoms with Crippen molar-refractivity contribution < 1.29 is 4.79 Å². The molecule has 2 aliphatic heterocycles. The van der Waals surface area contributed by atoms with Crippen LogP contribution in [0.15, 0.2) is 30.3 Å². The molecule has 4 rings (SSSR count). The van der Waals surface area contributed by atoms with Crippen molar-refractivity contribution in [2.24, 2.45) is 17.8 Å². The molecule has 1 aliphatic carbocycles. The van der Waals surface area contributed by atoms with Crippen LogP contribution in [0.25, 0.3) is 0 Å². The Kier molecular flexibility index (Phi) is 5.63. The lowest BCUT2D eigenvalue weighted by molar-refractivity contribution is -0.133. The van der Waals surface area contributed by atoms with Gasteiger partial charge in [-0.25, -0.2) is 0 Å². The van der Waals surface area contributed by atoms with Crippen molar-refractivity contribution in [3.05, 3.63) is 35.9 Å². The molecule has 142 valence electrons. The Bertz CT molecular complexity index is 593. The van der Waals surface area contributed by atoms with Gasteiger partial charge >= 0.3 is 0 Å². The van der Waals surface area contributed by atoms with E-state index in [1.807, 2.05) is 0 Å². The quantitative estimate of drug-likeness (QED) is 0.798. The fourth-order valence-electron chi connectivity index (χ4n) is 5.55. The number of benzene rings is 1. The SMILES string of the molecule is CC1C2CCCCC2C(=O)N1CC1CCN(CCc2ccccc2)CC1. The second kappa shape index (κ2) is 8.12. The summed E-state index contributed by atoms with van der Waals surface area (Å²) in [6, 6.07) is 11.3. The number of rotatable bonds is 5. The Morgan fingerprint density at radius 3 is 2.46 bits per heavy atom. The minimum absolute atomic E-state index is 0.352. The van der Waals surface area contributed by atoms with Crippen molar-refractivity contribution in [2.45, 2.75) is 57.9 Å². The van der Waals surface area contributed by atoms with Gasteiger partial charge in [0.1, 0.15) is 0 Å². The molecule has 3 fully saturated rings. The zero-order chi connectivity index (χ0) is 17.9. The van der Waals surface area contributed by atoms with Gasteiger partial charge in [0.05, 0.1) is 0 Å². The minimum atomic E-state index is 0.352. The van der Waals surface area contributed by atoms with Crippen LogP contribution in [0.1, 0.15) is 51.0 Å². The number of nitrogens with zero attached hydrogens (tertiary/aromatic N) is 2. The summed E-state index contributed by atoms with van der Waals surface area (Å²) in [6.45, 7) is 6.88. The highest BCUT2D eigenvalue weighted by Crippen LogP contribution is 2.41. The van der Waals surface area contributed by atoms with Crippen LogP contribution in [0.3, 0.4) is 0 Å². The van der Waals surface area contributed by atoms with Crippen LogP contribution < -0.4 is 0 Å². The molecule has 0 spiro atoms. The summed E-state index contributed by atoms with van der Waals surface area (Å²) in [5.41, 5.74) is 1.44. The fraction of sp³-hybridized carbons (Fsp3) is 0.696. The fourth-order valence-corrected chi connectivity index (χ4v) is 5.55. The van der Waals surface area contributed by atoms with Gasteiger partial charge < -0.3 is 9.80 Å². The normalized spacial score (nSPS) is 30.6. The van der Waals surface area contributed by atoms with Gasteiger partial charge in [-0.3, -0.25) is 4.79 Å². The molecule has 3 heteroatoms. The maximum Gasteiger partial charge on any atom is 0.226 e. The van der Waals surface area contributed by atoms with Crippen LogP contribution in [0.2, 0.25) is 0 Å². The van der Waals surface area contributed by atoms with Gasteiger partial charge in [-0.05, 0) is 69.5 Å². The van der Waals surface area contributed by atoms with E-state index in [0.29, 0.717) is 29.7 Å². The molecule has 0 N–H and O–H groups in total. The van der Waals surface area contributed by atoms with E-state index in [-0.39, 0.29) is 0 Å². The largest absolute Gasteiger partial charge is 0.339 e. The molecular weight excluding hydrogens is 320 g/mol. The lowest BCUT2D eigenvalue weighted by atomic mass is 9.79. The van der Waals surface area contributed by atoms with E-state index in [4.69, 9.17) is 0 Å². The Labute approximate surface area is 158 Å². The monoisotopic (exact) mass is 354 g/mol. The number of likely N-dealkylation sites (tertiary alicyclic amines) is 2. The highest BCUT2D eigenvalue weighted by atomic mass is 16.2. The molecule has 0 aromatic heterocycles. The molecule has 3 aliphatic rings. The van der Waals surface area contributed by atoms with Crippen molar-refractivity contribution in [3.8, 4) is 0 Å². The molecule has 3 nitrogen and oxygen atoms in total. The average molecular weight is 355 g/mol. The number of amides is 1. The Morgan fingerprint density at radius 2 is 1.73 bits per heavy atom. The summed E-state index contributed by atoms with van der Waals surface area (Å²) in [7, 11) is 0. The molecule has 26 heavy (non-hydrogen) atoms. The molecule has 1 aromatic rings. The molecule has 2 saturated heterocycles. The predicted molar refractivity (Wildman–Crippen MR) is 106 cm³/mol. The second-order valence-electron chi connectivity index (χ2n) is 8.81. The Balaban J connectivity index is 1.24. The molecule has 1 amide bonds. The van der Waals surface area contributed by atoms with Crippen molar-refractivity contribution in [1.29, 1.82) is 0 Å². The number of carbonyl (C=O) groups excluding carboxylic acids is 1. The van der Waals surface area contributed by atoms with Gasteiger partial charge in [0.2, 0.25) is 5.91 Å². The van der Waals surface area contributed by atoms with Crippen LogP contribution in [-0.4, -0.2) is 47.9 Å². The van der Waals surface area contributed by atoms with Gasteiger partial charge in [0.25, 0.3) is 0 Å². The molecule has 0 radical (unpaired) electrons. The van der Waals surface area contributed by atoms with Gasteiger partial charge in [-0.2, -0.15) is 0 Å². The third kappa shape index (κ3) is 3.83. The van der Waals surface area contributed by atoms with Crippen molar-refractivity contribution in [3.63, 3.8) is 0 Å². The zero-order valence-electron chi connectivity index (χ0n) is 16.3. The van der Waals surface area contributed by atoms with E-state index < -0.39 is 0 Å². The van der Waals surface area contributed by atoms with E-state index in [1.165, 1.54) is 57.3 Å². The summed E-state index contributed by atoms with van der Waals surface area (Å²) in [5.74, 6) is 2.18. The average Bonchev–Trinajstić information content (AvgIpc) is 2.93. The molecule has 3 unspecified atom stereocenters. The van der Waals surface area contributed by atoms with E-state index in [1.54, 1.807) is 0 Å². The van der Waals surface area contributed by atoms with Crippen LogP contribution in [0.5, 0.6) is 0 Å². The first-order valence-electron chi connectivity index (χ1n) is 10.8. The van der Waals surface area contributed by atoms with Gasteiger partial charge in [0, 0.05) is 25.0 Å². The molecule has 1 aromatic carbocycles. The molecule has 0 bridgehead atoms. The number of hydrogen-bond acceptors (Lipinski definition) is 2. The van der Waals surface area contributed by atoms with Crippen molar-refractivity contribution >= 4 is 5.91 Å². The Morgan fingerprint density at radius 1 is 1.00 bits per heavy atom. The maximum atomic E-state index is 12.9. The minimum Gasteiger partial charge on any atom is -0.339 e. The van der Waals surface area contributed by atoms with Gasteiger partial charge in [-0.1, -0.05) is 43.2 Å². The number of carbonyl (C=O) groups is 1. The predicted octanol–water partition coefficient (Wildman–Crippen LogP) is 3.98. The summed E-state index contributed by atoms with van der Waals surface area (Å²) in [4.78, 5) is 17.7. The zero-order valence-corrected chi connectivity index (χ0v) is 16.3. The first-order valence-corrected chi connectivity index (χ1v) is 10.8. The first kappa shape index (κ1) is 18.0. The van der Waals surface area contributed by atoms with Crippen LogP contribution in [0.4, 0.5) is 0 Å². The summed E-state index contributed by atoms with van der Waals surface area (Å²) >= 11 is 0. The number of hydrogen-bond donors (Lipinski definition) is 0. The third-order valence-corrected chi connectivity index (χ3v) is 7.25. The number of piperidine rings is 1. The maximum absolute atomic E-state index is 12.9. The molecule has 2 heterocycles. The molecule has 1 saturated carbocycles. The molecular formula is C23H34N2O.